The molecule has 96 valence electrons. The summed E-state index contributed by atoms with van der Waals surface area (Å²) in [5.41, 5.74) is 1.00. The molecule has 1 nitrogen and oxygen atoms in total. The third-order valence-electron chi connectivity index (χ3n) is 2.95. The smallest absolute Gasteiger partial charge is 0.193 e. The third-order valence-corrected chi connectivity index (χ3v) is 4.60. The van der Waals surface area contributed by atoms with Crippen molar-refractivity contribution in [2.45, 2.75) is 25.4 Å². The minimum Gasteiger partial charge on any atom is -0.413 e. The SMILES string of the molecule is C=CCC(C)(CC=C)O[SiH2]c1ccc(C=C)cc1. The van der Waals surface area contributed by atoms with E-state index in [4.69, 9.17) is 4.43 Å². The molecular weight excluding hydrogens is 236 g/mol. The van der Waals surface area contributed by atoms with Crippen LogP contribution in [0.1, 0.15) is 25.3 Å². The summed E-state index contributed by atoms with van der Waals surface area (Å²) in [6.45, 7) is 13.5. The summed E-state index contributed by atoms with van der Waals surface area (Å²) in [5, 5.41) is 1.31. The predicted molar refractivity (Wildman–Crippen MR) is 83.8 cm³/mol. The van der Waals surface area contributed by atoms with Crippen LogP contribution in [0.4, 0.5) is 0 Å². The fourth-order valence-corrected chi connectivity index (χ4v) is 3.00. The van der Waals surface area contributed by atoms with Gasteiger partial charge in [0.05, 0.1) is 5.60 Å². The molecule has 0 saturated carbocycles. The highest BCUT2D eigenvalue weighted by molar-refractivity contribution is 6.47. The first-order valence-corrected chi connectivity index (χ1v) is 7.49. The summed E-state index contributed by atoms with van der Waals surface area (Å²) in [6.07, 6.45) is 7.40. The molecule has 0 aliphatic carbocycles. The Kier molecular flexibility index (Phi) is 5.82. The molecule has 0 bridgehead atoms. The van der Waals surface area contributed by atoms with Crippen LogP contribution < -0.4 is 5.19 Å². The van der Waals surface area contributed by atoms with Gasteiger partial charge in [-0.1, -0.05) is 49.1 Å². The van der Waals surface area contributed by atoms with Gasteiger partial charge in [0.2, 0.25) is 0 Å². The van der Waals surface area contributed by atoms with E-state index >= 15 is 0 Å². The molecule has 1 aromatic rings. The van der Waals surface area contributed by atoms with E-state index in [1.165, 1.54) is 5.19 Å². The molecule has 0 unspecified atom stereocenters. The van der Waals surface area contributed by atoms with Crippen LogP contribution in [-0.4, -0.2) is 15.4 Å². The molecule has 1 rings (SSSR count). The largest absolute Gasteiger partial charge is 0.413 e. The average molecular weight is 258 g/mol. The van der Waals surface area contributed by atoms with Crippen LogP contribution in [0.2, 0.25) is 0 Å². The topological polar surface area (TPSA) is 9.23 Å². The van der Waals surface area contributed by atoms with Crippen LogP contribution in [-0.2, 0) is 4.43 Å². The van der Waals surface area contributed by atoms with Crippen LogP contribution in [0.3, 0.4) is 0 Å². The first kappa shape index (κ1) is 14.7. The van der Waals surface area contributed by atoms with Crippen LogP contribution in [0, 0.1) is 0 Å². The molecule has 18 heavy (non-hydrogen) atoms. The molecule has 0 aliphatic heterocycles. The fraction of sp³-hybridized carbons (Fsp3) is 0.250. The Bertz CT molecular complexity index is 396. The van der Waals surface area contributed by atoms with Crippen molar-refractivity contribution in [3.05, 3.63) is 61.7 Å². The third kappa shape index (κ3) is 4.47. The zero-order valence-corrected chi connectivity index (χ0v) is 12.6. The molecule has 0 amide bonds. The number of hydrogen-bond donors (Lipinski definition) is 0. The summed E-state index contributed by atoms with van der Waals surface area (Å²) in [5.74, 6) is 0. The highest BCUT2D eigenvalue weighted by Crippen LogP contribution is 2.20. The van der Waals surface area contributed by atoms with Gasteiger partial charge in [-0.2, -0.15) is 0 Å². The molecule has 0 saturated heterocycles. The van der Waals surface area contributed by atoms with E-state index in [0.717, 1.165) is 18.4 Å². The molecule has 0 radical (unpaired) electrons. The molecule has 0 N–H and O–H groups in total. The zero-order chi connectivity index (χ0) is 13.4. The minimum atomic E-state index is -0.710. The van der Waals surface area contributed by atoms with Gasteiger partial charge in [-0.05, 0) is 30.5 Å². The van der Waals surface area contributed by atoms with E-state index in [1.54, 1.807) is 0 Å². The van der Waals surface area contributed by atoms with E-state index in [2.05, 4.69) is 50.9 Å². The number of rotatable bonds is 8. The van der Waals surface area contributed by atoms with Crippen molar-refractivity contribution in [3.63, 3.8) is 0 Å². The Balaban J connectivity index is 2.62. The van der Waals surface area contributed by atoms with Crippen molar-refractivity contribution in [2.24, 2.45) is 0 Å². The van der Waals surface area contributed by atoms with Crippen LogP contribution >= 0.6 is 0 Å². The van der Waals surface area contributed by atoms with E-state index in [0.29, 0.717) is 0 Å². The quantitative estimate of drug-likeness (QED) is 0.514. The lowest BCUT2D eigenvalue weighted by molar-refractivity contribution is 0.104. The maximum Gasteiger partial charge on any atom is 0.193 e. The summed E-state index contributed by atoms with van der Waals surface area (Å²) in [7, 11) is -0.710. The fourth-order valence-electron chi connectivity index (χ4n) is 1.82. The maximum atomic E-state index is 6.14. The molecule has 1 aromatic carbocycles. The second kappa shape index (κ2) is 7.14. The molecule has 0 aromatic heterocycles. The second-order valence-corrected chi connectivity index (χ2v) is 6.06. The highest BCUT2D eigenvalue weighted by atomic mass is 28.2. The van der Waals surface area contributed by atoms with Crippen molar-refractivity contribution in [2.75, 3.05) is 0 Å². The van der Waals surface area contributed by atoms with Crippen molar-refractivity contribution in [3.8, 4) is 0 Å². The summed E-state index contributed by atoms with van der Waals surface area (Å²) < 4.78 is 6.14. The van der Waals surface area contributed by atoms with Gasteiger partial charge >= 0.3 is 0 Å². The zero-order valence-electron chi connectivity index (χ0n) is 11.2. The minimum absolute atomic E-state index is 0.146. The molecule has 0 aliphatic rings. The number of hydrogen-bond acceptors (Lipinski definition) is 1. The van der Waals surface area contributed by atoms with Gasteiger partial charge in [-0.25, -0.2) is 0 Å². The molecular formula is C16H22OSi. The average Bonchev–Trinajstić information content (AvgIpc) is 2.38. The van der Waals surface area contributed by atoms with Gasteiger partial charge in [-0.3, -0.25) is 0 Å². The van der Waals surface area contributed by atoms with Gasteiger partial charge in [-0.15, -0.1) is 13.2 Å². The van der Waals surface area contributed by atoms with Crippen molar-refractivity contribution in [1.82, 2.24) is 0 Å². The van der Waals surface area contributed by atoms with E-state index in [1.807, 2.05) is 18.2 Å². The van der Waals surface area contributed by atoms with Gasteiger partial charge < -0.3 is 4.43 Å². The first-order valence-electron chi connectivity index (χ1n) is 6.20. The molecule has 0 atom stereocenters. The Hall–Kier alpha value is -1.38. The standard InChI is InChI=1S/C16H22OSi/c1-5-12-16(4,13-6-2)17-18-15-10-8-14(7-3)9-11-15/h5-11H,1-3,12-13,18H2,4H3. The molecule has 2 heteroatoms. The Morgan fingerprint density at radius 3 is 2.11 bits per heavy atom. The lowest BCUT2D eigenvalue weighted by Gasteiger charge is -2.28. The summed E-state index contributed by atoms with van der Waals surface area (Å²) in [4.78, 5) is 0. The van der Waals surface area contributed by atoms with E-state index in [9.17, 15) is 0 Å². The summed E-state index contributed by atoms with van der Waals surface area (Å²) in [6, 6.07) is 8.42. The second-order valence-electron chi connectivity index (χ2n) is 4.67. The first-order chi connectivity index (χ1) is 8.63. The van der Waals surface area contributed by atoms with Crippen molar-refractivity contribution < 1.29 is 4.43 Å². The van der Waals surface area contributed by atoms with Gasteiger partial charge in [0.1, 0.15) is 0 Å². The number of benzene rings is 1. The Labute approximate surface area is 113 Å². The lowest BCUT2D eigenvalue weighted by atomic mass is 9.99. The van der Waals surface area contributed by atoms with Gasteiger partial charge in [0.15, 0.2) is 9.76 Å². The van der Waals surface area contributed by atoms with Crippen molar-refractivity contribution in [1.29, 1.82) is 0 Å². The van der Waals surface area contributed by atoms with Crippen molar-refractivity contribution >= 4 is 21.0 Å². The van der Waals surface area contributed by atoms with Gasteiger partial charge in [0, 0.05) is 0 Å². The maximum absolute atomic E-state index is 6.14. The van der Waals surface area contributed by atoms with E-state index in [-0.39, 0.29) is 5.60 Å². The van der Waals surface area contributed by atoms with Crippen LogP contribution in [0.15, 0.2) is 56.2 Å². The van der Waals surface area contributed by atoms with Crippen LogP contribution in [0.5, 0.6) is 0 Å². The highest BCUT2D eigenvalue weighted by Gasteiger charge is 2.21. The van der Waals surface area contributed by atoms with Crippen LogP contribution in [0.25, 0.3) is 6.08 Å². The molecule has 0 heterocycles. The normalized spacial score (nSPS) is 11.6. The summed E-state index contributed by atoms with van der Waals surface area (Å²) >= 11 is 0. The predicted octanol–water partition coefficient (Wildman–Crippen LogP) is 2.97. The monoisotopic (exact) mass is 258 g/mol. The molecule has 0 spiro atoms. The van der Waals surface area contributed by atoms with Gasteiger partial charge in [0.25, 0.3) is 0 Å². The van der Waals surface area contributed by atoms with E-state index < -0.39 is 9.76 Å². The molecule has 0 fully saturated rings. The lowest BCUT2D eigenvalue weighted by Crippen LogP contribution is -2.33. The Morgan fingerprint density at radius 1 is 1.11 bits per heavy atom. The Morgan fingerprint density at radius 2 is 1.67 bits per heavy atom.